The van der Waals surface area contributed by atoms with Gasteiger partial charge in [-0.15, -0.1) is 5.10 Å². The van der Waals surface area contributed by atoms with Gasteiger partial charge >= 0.3 is 0 Å². The molecular formula is C17H23N5O4S. The van der Waals surface area contributed by atoms with Crippen LogP contribution < -0.4 is 19.7 Å². The van der Waals surface area contributed by atoms with Gasteiger partial charge in [-0.3, -0.25) is 0 Å². The Bertz CT molecular complexity index is 906. The molecule has 1 N–H and O–H groups in total. The largest absolute Gasteiger partial charge is 0.493 e. The first-order valence-corrected chi connectivity index (χ1v) is 10.4. The summed E-state index contributed by atoms with van der Waals surface area (Å²) in [6, 6.07) is 5.29. The number of anilines is 3. The second kappa shape index (κ2) is 7.95. The molecule has 1 saturated heterocycles. The zero-order chi connectivity index (χ0) is 19.4. The first-order chi connectivity index (χ1) is 13.0. The van der Waals surface area contributed by atoms with E-state index in [1.165, 1.54) is 6.20 Å². The molecule has 1 aliphatic heterocycles. The zero-order valence-electron chi connectivity index (χ0n) is 15.5. The fourth-order valence-electron chi connectivity index (χ4n) is 3.12. The summed E-state index contributed by atoms with van der Waals surface area (Å²) in [6.45, 7) is 2.55. The third-order valence-electron chi connectivity index (χ3n) is 4.45. The lowest BCUT2D eigenvalue weighted by atomic mass is 10.2. The first-order valence-electron chi connectivity index (χ1n) is 8.61. The van der Waals surface area contributed by atoms with Gasteiger partial charge in [0, 0.05) is 24.3 Å². The highest BCUT2D eigenvalue weighted by Crippen LogP contribution is 2.31. The van der Waals surface area contributed by atoms with Crippen molar-refractivity contribution in [1.82, 2.24) is 15.2 Å². The molecule has 0 bridgehead atoms. The fraction of sp³-hybridized carbons (Fsp3) is 0.471. The fourth-order valence-corrected chi connectivity index (χ4v) is 4.85. The minimum absolute atomic E-state index is 0.123. The molecule has 0 amide bonds. The Morgan fingerprint density at radius 1 is 1.26 bits per heavy atom. The average Bonchev–Trinajstić information content (AvgIpc) is 3.02. The molecule has 27 heavy (non-hydrogen) atoms. The van der Waals surface area contributed by atoms with Crippen LogP contribution in [0.2, 0.25) is 0 Å². The Balaban J connectivity index is 1.81. The number of hydrogen-bond donors (Lipinski definition) is 1. The molecule has 2 heterocycles. The summed E-state index contributed by atoms with van der Waals surface area (Å²) in [6.07, 6.45) is 2.09. The van der Waals surface area contributed by atoms with Crippen molar-refractivity contribution in [2.75, 3.05) is 42.5 Å². The third kappa shape index (κ3) is 4.38. The lowest BCUT2D eigenvalue weighted by Crippen LogP contribution is -2.37. The van der Waals surface area contributed by atoms with Crippen LogP contribution in [0.1, 0.15) is 13.3 Å². The van der Waals surface area contributed by atoms with E-state index in [-0.39, 0.29) is 17.5 Å². The molecule has 3 rings (SSSR count). The van der Waals surface area contributed by atoms with Crippen LogP contribution in [0.4, 0.5) is 17.5 Å². The molecule has 10 heteroatoms. The normalized spacial score (nSPS) is 18.1. The van der Waals surface area contributed by atoms with Gasteiger partial charge < -0.3 is 19.7 Å². The van der Waals surface area contributed by atoms with Gasteiger partial charge in [-0.25, -0.2) is 8.42 Å². The molecule has 2 aromatic rings. The smallest absolute Gasteiger partial charge is 0.247 e. The number of ether oxygens (including phenoxy) is 2. The van der Waals surface area contributed by atoms with Crippen molar-refractivity contribution in [3.8, 4) is 11.5 Å². The lowest BCUT2D eigenvalue weighted by Gasteiger charge is -2.26. The molecule has 9 nitrogen and oxygen atoms in total. The van der Waals surface area contributed by atoms with Crippen molar-refractivity contribution in [1.29, 1.82) is 0 Å². The first kappa shape index (κ1) is 19.2. The minimum Gasteiger partial charge on any atom is -0.493 e. The van der Waals surface area contributed by atoms with Gasteiger partial charge in [0.05, 0.1) is 31.9 Å². The highest BCUT2D eigenvalue weighted by atomic mass is 32.2. The van der Waals surface area contributed by atoms with E-state index in [0.29, 0.717) is 36.2 Å². The lowest BCUT2D eigenvalue weighted by molar-refractivity contribution is 0.355. The number of nitrogens with one attached hydrogen (secondary N) is 1. The van der Waals surface area contributed by atoms with Gasteiger partial charge in [-0.2, -0.15) is 10.1 Å². The quantitative estimate of drug-likeness (QED) is 0.751. The summed E-state index contributed by atoms with van der Waals surface area (Å²) < 4.78 is 34.1. The molecule has 0 radical (unpaired) electrons. The van der Waals surface area contributed by atoms with Crippen molar-refractivity contribution >= 4 is 27.3 Å². The molecule has 0 saturated carbocycles. The second-order valence-electron chi connectivity index (χ2n) is 6.18. The standard InChI is InChI=1S/C17H23N5O4S/c1-4-22(13-7-8-27(23,24)11-13)17-20-16(10-18-21-17)19-12-5-6-14(25-2)15(9-12)26-3/h5-6,9-10,13H,4,7-8,11H2,1-3H3,(H,19,20,21). The van der Waals surface area contributed by atoms with E-state index >= 15 is 0 Å². The van der Waals surface area contributed by atoms with Gasteiger partial charge in [0.1, 0.15) is 0 Å². The molecule has 146 valence electrons. The number of benzene rings is 1. The van der Waals surface area contributed by atoms with Crippen LogP contribution in [0.5, 0.6) is 11.5 Å². The maximum absolute atomic E-state index is 11.8. The van der Waals surface area contributed by atoms with Gasteiger partial charge in [-0.05, 0) is 25.5 Å². The van der Waals surface area contributed by atoms with E-state index in [1.54, 1.807) is 26.4 Å². The summed E-state index contributed by atoms with van der Waals surface area (Å²) in [5.74, 6) is 2.46. The molecule has 1 unspecified atom stereocenters. The Morgan fingerprint density at radius 3 is 2.67 bits per heavy atom. The van der Waals surface area contributed by atoms with Gasteiger partial charge in [0.2, 0.25) is 5.95 Å². The average molecular weight is 393 g/mol. The Labute approximate surface area is 158 Å². The summed E-state index contributed by atoms with van der Waals surface area (Å²) in [4.78, 5) is 6.39. The summed E-state index contributed by atoms with van der Waals surface area (Å²) in [7, 11) is 0.157. The second-order valence-corrected chi connectivity index (χ2v) is 8.41. The number of sulfone groups is 1. The number of nitrogens with zero attached hydrogens (tertiary/aromatic N) is 4. The summed E-state index contributed by atoms with van der Waals surface area (Å²) >= 11 is 0. The van der Waals surface area contributed by atoms with Crippen LogP contribution >= 0.6 is 0 Å². The monoisotopic (exact) mass is 393 g/mol. The number of aromatic nitrogens is 3. The Kier molecular flexibility index (Phi) is 5.64. The van der Waals surface area contributed by atoms with Crippen molar-refractivity contribution in [3.63, 3.8) is 0 Å². The highest BCUT2D eigenvalue weighted by Gasteiger charge is 2.33. The molecular weight excluding hydrogens is 370 g/mol. The van der Waals surface area contributed by atoms with Crippen molar-refractivity contribution < 1.29 is 17.9 Å². The molecule has 1 atom stereocenters. The van der Waals surface area contributed by atoms with Crippen molar-refractivity contribution in [2.24, 2.45) is 0 Å². The topological polar surface area (TPSA) is 107 Å². The molecule has 1 fully saturated rings. The third-order valence-corrected chi connectivity index (χ3v) is 6.20. The van der Waals surface area contributed by atoms with E-state index in [4.69, 9.17) is 9.47 Å². The predicted octanol–water partition coefficient (Wildman–Crippen LogP) is 1.65. The molecule has 1 aliphatic rings. The van der Waals surface area contributed by atoms with Crippen molar-refractivity contribution in [2.45, 2.75) is 19.4 Å². The SMILES string of the molecule is CCN(c1nncc(Nc2ccc(OC)c(OC)c2)n1)C1CCS(=O)(=O)C1. The van der Waals surface area contributed by atoms with E-state index in [1.807, 2.05) is 17.9 Å². The Hall–Kier alpha value is -2.62. The predicted molar refractivity (Wildman–Crippen MR) is 103 cm³/mol. The van der Waals surface area contributed by atoms with Gasteiger partial charge in [0.25, 0.3) is 0 Å². The van der Waals surface area contributed by atoms with Crippen LogP contribution in [0.3, 0.4) is 0 Å². The molecule has 0 spiro atoms. The van der Waals surface area contributed by atoms with Crippen LogP contribution in [0.15, 0.2) is 24.4 Å². The highest BCUT2D eigenvalue weighted by molar-refractivity contribution is 7.91. The summed E-state index contributed by atoms with van der Waals surface area (Å²) in [5.41, 5.74) is 0.755. The molecule has 1 aromatic heterocycles. The van der Waals surface area contributed by atoms with E-state index in [9.17, 15) is 8.42 Å². The minimum atomic E-state index is -2.99. The van der Waals surface area contributed by atoms with Crippen molar-refractivity contribution in [3.05, 3.63) is 24.4 Å². The van der Waals surface area contributed by atoms with Gasteiger partial charge in [-0.1, -0.05) is 0 Å². The van der Waals surface area contributed by atoms with Gasteiger partial charge in [0.15, 0.2) is 27.2 Å². The molecule has 1 aromatic carbocycles. The van der Waals surface area contributed by atoms with Crippen LogP contribution in [0.25, 0.3) is 0 Å². The summed E-state index contributed by atoms with van der Waals surface area (Å²) in [5, 5.41) is 11.3. The maximum Gasteiger partial charge on any atom is 0.247 e. The van der Waals surface area contributed by atoms with E-state index < -0.39 is 9.84 Å². The number of methoxy groups -OCH3 is 2. The number of hydrogen-bond acceptors (Lipinski definition) is 9. The molecule has 0 aliphatic carbocycles. The van der Waals surface area contributed by atoms with Crippen LogP contribution in [-0.4, -0.2) is 61.9 Å². The van der Waals surface area contributed by atoms with Crippen LogP contribution in [-0.2, 0) is 9.84 Å². The maximum atomic E-state index is 11.8. The van der Waals surface area contributed by atoms with Crippen LogP contribution in [0, 0.1) is 0 Å². The Morgan fingerprint density at radius 2 is 2.04 bits per heavy atom. The number of rotatable bonds is 7. The van der Waals surface area contributed by atoms with E-state index in [0.717, 1.165) is 5.69 Å². The zero-order valence-corrected chi connectivity index (χ0v) is 16.4. The van der Waals surface area contributed by atoms with E-state index in [2.05, 4.69) is 20.5 Å².